The molecule has 1 saturated heterocycles. The second kappa shape index (κ2) is 10.1. The van der Waals surface area contributed by atoms with E-state index in [1.165, 1.54) is 31.5 Å². The van der Waals surface area contributed by atoms with Crippen LogP contribution in [-0.4, -0.2) is 54.2 Å². The molecule has 2 heterocycles. The maximum absolute atomic E-state index is 14.2. The minimum Gasteiger partial charge on any atom is -0.436 e. The molecule has 178 valence electrons. The zero-order chi connectivity index (χ0) is 23.4. The molecule has 2 aliphatic rings. The fraction of sp³-hybridized carbons (Fsp3) is 0.407. The van der Waals surface area contributed by atoms with Crippen molar-refractivity contribution in [2.75, 3.05) is 32.8 Å². The molecule has 0 bridgehead atoms. The molecule has 1 aliphatic carbocycles. The van der Waals surface area contributed by atoms with E-state index in [1.54, 1.807) is 24.3 Å². The standard InChI is InChI=1S/C27H30FN3O3/c28-23-11-5-4-10-22(23)24-18-29-26(34-24)21-9-3-2-8-20(21)25(32)30-19-27(12-6-1-7-13-27)31-14-16-33-17-15-31/h2-5,8-11,18H,1,6-7,12-17,19H2,(H,30,32). The number of aromatic nitrogens is 1. The summed E-state index contributed by atoms with van der Waals surface area (Å²) >= 11 is 0. The van der Waals surface area contributed by atoms with Gasteiger partial charge in [0.1, 0.15) is 5.82 Å². The van der Waals surface area contributed by atoms with E-state index in [-0.39, 0.29) is 17.3 Å². The highest BCUT2D eigenvalue weighted by molar-refractivity contribution is 6.00. The highest BCUT2D eigenvalue weighted by atomic mass is 19.1. The Morgan fingerprint density at radius 3 is 2.47 bits per heavy atom. The van der Waals surface area contributed by atoms with Gasteiger partial charge in [-0.1, -0.05) is 43.5 Å². The van der Waals surface area contributed by atoms with Gasteiger partial charge in [0.05, 0.1) is 30.5 Å². The van der Waals surface area contributed by atoms with Crippen molar-refractivity contribution >= 4 is 5.91 Å². The molecular formula is C27H30FN3O3. The summed E-state index contributed by atoms with van der Waals surface area (Å²) in [6.07, 6.45) is 7.27. The number of carbonyl (C=O) groups is 1. The quantitative estimate of drug-likeness (QED) is 0.563. The molecule has 3 aromatic rings. The number of morpholine rings is 1. The Bertz CT molecular complexity index is 1130. The van der Waals surface area contributed by atoms with Crippen molar-refractivity contribution in [3.05, 3.63) is 66.1 Å². The van der Waals surface area contributed by atoms with E-state index in [2.05, 4.69) is 15.2 Å². The summed E-state index contributed by atoms with van der Waals surface area (Å²) in [6.45, 7) is 3.90. The van der Waals surface area contributed by atoms with E-state index in [9.17, 15) is 9.18 Å². The fourth-order valence-corrected chi connectivity index (χ4v) is 5.24. The van der Waals surface area contributed by atoms with Crippen LogP contribution in [0.15, 0.2) is 59.1 Å². The molecule has 0 radical (unpaired) electrons. The van der Waals surface area contributed by atoms with Crippen molar-refractivity contribution in [1.29, 1.82) is 0 Å². The minimum absolute atomic E-state index is 0.0203. The van der Waals surface area contributed by atoms with Crippen molar-refractivity contribution in [3.8, 4) is 22.8 Å². The number of ether oxygens (including phenoxy) is 1. The van der Waals surface area contributed by atoms with E-state index >= 15 is 0 Å². The number of hydrogen-bond acceptors (Lipinski definition) is 5. The lowest BCUT2D eigenvalue weighted by Crippen LogP contribution is -2.59. The Morgan fingerprint density at radius 2 is 1.71 bits per heavy atom. The molecule has 2 aromatic carbocycles. The van der Waals surface area contributed by atoms with Gasteiger partial charge in [-0.15, -0.1) is 0 Å². The number of benzene rings is 2. The molecule has 2 fully saturated rings. The Morgan fingerprint density at radius 1 is 1.00 bits per heavy atom. The summed E-state index contributed by atoms with van der Waals surface area (Å²) in [4.78, 5) is 20.2. The number of rotatable bonds is 6. The van der Waals surface area contributed by atoms with Gasteiger partial charge in [0.15, 0.2) is 5.76 Å². The minimum atomic E-state index is -0.378. The van der Waals surface area contributed by atoms with Crippen LogP contribution in [0.25, 0.3) is 22.8 Å². The average Bonchev–Trinajstić information content (AvgIpc) is 3.38. The molecule has 1 saturated carbocycles. The van der Waals surface area contributed by atoms with Gasteiger partial charge in [0.2, 0.25) is 5.89 Å². The van der Waals surface area contributed by atoms with Crippen LogP contribution in [0.2, 0.25) is 0 Å². The van der Waals surface area contributed by atoms with Crippen LogP contribution in [0.4, 0.5) is 4.39 Å². The molecule has 1 N–H and O–H groups in total. The Labute approximate surface area is 199 Å². The lowest BCUT2D eigenvalue weighted by atomic mass is 9.79. The predicted molar refractivity (Wildman–Crippen MR) is 128 cm³/mol. The topological polar surface area (TPSA) is 67.6 Å². The van der Waals surface area contributed by atoms with Crippen LogP contribution < -0.4 is 5.32 Å². The van der Waals surface area contributed by atoms with Crippen LogP contribution in [0.1, 0.15) is 42.5 Å². The SMILES string of the molecule is O=C(NCC1(N2CCOCC2)CCCCC1)c1ccccc1-c1ncc(-c2ccccc2F)o1. The van der Waals surface area contributed by atoms with Crippen molar-refractivity contribution in [2.45, 2.75) is 37.6 Å². The largest absolute Gasteiger partial charge is 0.436 e. The lowest BCUT2D eigenvalue weighted by Gasteiger charge is -2.48. The monoisotopic (exact) mass is 463 g/mol. The first kappa shape index (κ1) is 22.7. The summed E-state index contributed by atoms with van der Waals surface area (Å²) in [7, 11) is 0. The predicted octanol–water partition coefficient (Wildman–Crippen LogP) is 4.91. The number of oxazole rings is 1. The van der Waals surface area contributed by atoms with Crippen LogP contribution >= 0.6 is 0 Å². The summed E-state index contributed by atoms with van der Waals surface area (Å²) in [5.74, 6) is 0.0953. The highest BCUT2D eigenvalue weighted by Crippen LogP contribution is 2.34. The number of amides is 1. The Balaban J connectivity index is 1.36. The highest BCUT2D eigenvalue weighted by Gasteiger charge is 2.39. The lowest BCUT2D eigenvalue weighted by molar-refractivity contribution is -0.0361. The first-order valence-electron chi connectivity index (χ1n) is 12.1. The molecule has 0 atom stereocenters. The summed E-state index contributed by atoms with van der Waals surface area (Å²) in [6, 6.07) is 13.7. The molecule has 6 nitrogen and oxygen atoms in total. The summed E-state index contributed by atoms with van der Waals surface area (Å²) in [5.41, 5.74) is 1.41. The normalized spacial score (nSPS) is 18.5. The number of nitrogens with one attached hydrogen (secondary N) is 1. The van der Waals surface area contributed by atoms with Gasteiger partial charge in [-0.2, -0.15) is 0 Å². The van der Waals surface area contributed by atoms with E-state index < -0.39 is 0 Å². The molecule has 34 heavy (non-hydrogen) atoms. The molecule has 0 spiro atoms. The number of hydrogen-bond donors (Lipinski definition) is 1. The molecule has 0 unspecified atom stereocenters. The van der Waals surface area contributed by atoms with Crippen LogP contribution in [-0.2, 0) is 4.74 Å². The molecule has 5 rings (SSSR count). The molecule has 7 heteroatoms. The fourth-order valence-electron chi connectivity index (χ4n) is 5.24. The van der Waals surface area contributed by atoms with E-state index in [0.717, 1.165) is 39.1 Å². The maximum Gasteiger partial charge on any atom is 0.252 e. The van der Waals surface area contributed by atoms with Gasteiger partial charge >= 0.3 is 0 Å². The molecule has 1 aromatic heterocycles. The summed E-state index contributed by atoms with van der Waals surface area (Å²) < 4.78 is 25.6. The van der Waals surface area contributed by atoms with Gasteiger partial charge in [0, 0.05) is 30.7 Å². The third kappa shape index (κ3) is 4.63. The van der Waals surface area contributed by atoms with Crippen LogP contribution in [0.3, 0.4) is 0 Å². The maximum atomic E-state index is 14.2. The zero-order valence-corrected chi connectivity index (χ0v) is 19.3. The van der Waals surface area contributed by atoms with Crippen LogP contribution in [0, 0.1) is 5.82 Å². The van der Waals surface area contributed by atoms with Crippen molar-refractivity contribution in [2.24, 2.45) is 0 Å². The third-order valence-corrected chi connectivity index (χ3v) is 7.09. The smallest absolute Gasteiger partial charge is 0.252 e. The van der Waals surface area contributed by atoms with Gasteiger partial charge in [-0.25, -0.2) is 9.37 Å². The number of nitrogens with zero attached hydrogens (tertiary/aromatic N) is 2. The van der Waals surface area contributed by atoms with Crippen LogP contribution in [0.5, 0.6) is 0 Å². The Kier molecular flexibility index (Phi) is 6.74. The second-order valence-corrected chi connectivity index (χ2v) is 9.12. The molecule has 1 amide bonds. The zero-order valence-electron chi connectivity index (χ0n) is 19.3. The first-order valence-corrected chi connectivity index (χ1v) is 12.1. The number of halogens is 1. The number of carbonyl (C=O) groups excluding carboxylic acids is 1. The van der Waals surface area contributed by atoms with Gasteiger partial charge in [0.25, 0.3) is 5.91 Å². The summed E-state index contributed by atoms with van der Waals surface area (Å²) in [5, 5.41) is 3.21. The average molecular weight is 464 g/mol. The molecular weight excluding hydrogens is 433 g/mol. The van der Waals surface area contributed by atoms with Crippen molar-refractivity contribution in [3.63, 3.8) is 0 Å². The third-order valence-electron chi connectivity index (χ3n) is 7.09. The van der Waals surface area contributed by atoms with Gasteiger partial charge < -0.3 is 14.5 Å². The first-order chi connectivity index (χ1) is 16.7. The van der Waals surface area contributed by atoms with E-state index in [4.69, 9.17) is 9.15 Å². The van der Waals surface area contributed by atoms with Crippen molar-refractivity contribution < 1.29 is 18.3 Å². The van der Waals surface area contributed by atoms with E-state index in [1.807, 2.05) is 18.2 Å². The van der Waals surface area contributed by atoms with Gasteiger partial charge in [-0.05, 0) is 37.1 Å². The van der Waals surface area contributed by atoms with E-state index in [0.29, 0.717) is 34.9 Å². The van der Waals surface area contributed by atoms with Gasteiger partial charge in [-0.3, -0.25) is 9.69 Å². The molecule has 1 aliphatic heterocycles. The Hall–Kier alpha value is -3.03. The second-order valence-electron chi connectivity index (χ2n) is 9.12. The van der Waals surface area contributed by atoms with Crippen molar-refractivity contribution in [1.82, 2.24) is 15.2 Å².